The summed E-state index contributed by atoms with van der Waals surface area (Å²) in [7, 11) is 5.84. The van der Waals surface area contributed by atoms with Gasteiger partial charge in [0.05, 0.1) is 0 Å². The Hall–Kier alpha value is -1.63. The number of rotatable bonds is 8. The van der Waals surface area contributed by atoms with E-state index in [0.29, 0.717) is 24.5 Å². The first-order valence-corrected chi connectivity index (χ1v) is 7.33. The molecule has 1 aromatic heterocycles. The molecule has 0 aromatic carbocycles. The zero-order valence-corrected chi connectivity index (χ0v) is 14.3. The van der Waals surface area contributed by atoms with Crippen LogP contribution in [0.25, 0.3) is 0 Å². The Labute approximate surface area is 127 Å². The average Bonchev–Trinajstić information content (AvgIpc) is 2.46. The monoisotopic (exact) mass is 296 g/mol. The van der Waals surface area contributed by atoms with Gasteiger partial charge in [-0.25, -0.2) is 0 Å². The number of nitrogens with zero attached hydrogens (tertiary/aromatic N) is 5. The molecule has 0 aliphatic heterocycles. The van der Waals surface area contributed by atoms with E-state index in [1.54, 1.807) is 7.05 Å². The first-order valence-electron chi connectivity index (χ1n) is 7.33. The minimum absolute atomic E-state index is 0.0954. The molecule has 1 heterocycles. The second-order valence-corrected chi connectivity index (χ2v) is 5.66. The van der Waals surface area contributed by atoms with Crippen molar-refractivity contribution in [1.82, 2.24) is 19.9 Å². The number of nitrogens with one attached hydrogen (secondary N) is 1. The average molecular weight is 296 g/mol. The molecule has 0 saturated heterocycles. The Kier molecular flexibility index (Phi) is 6.14. The van der Waals surface area contributed by atoms with Gasteiger partial charge in [0.1, 0.15) is 6.61 Å². The van der Waals surface area contributed by atoms with E-state index in [0.717, 1.165) is 13.1 Å². The van der Waals surface area contributed by atoms with E-state index in [1.165, 1.54) is 0 Å². The number of anilines is 2. The molecule has 0 aliphatic carbocycles. The van der Waals surface area contributed by atoms with Crippen LogP contribution in [-0.2, 0) is 0 Å². The summed E-state index contributed by atoms with van der Waals surface area (Å²) in [5, 5.41) is 2.95. The molecule has 0 aliphatic rings. The lowest BCUT2D eigenvalue weighted by Crippen LogP contribution is -2.43. The third kappa shape index (κ3) is 4.70. The molecule has 1 N–H and O–H groups in total. The Morgan fingerprint density at radius 2 is 1.71 bits per heavy atom. The third-order valence-corrected chi connectivity index (χ3v) is 3.64. The largest absolute Gasteiger partial charge is 0.461 e. The lowest BCUT2D eigenvalue weighted by Gasteiger charge is -2.31. The van der Waals surface area contributed by atoms with E-state index in [2.05, 4.69) is 57.8 Å². The van der Waals surface area contributed by atoms with Gasteiger partial charge in [-0.2, -0.15) is 15.0 Å². The topological polar surface area (TPSA) is 66.4 Å². The van der Waals surface area contributed by atoms with Crippen molar-refractivity contribution in [3.05, 3.63) is 0 Å². The summed E-state index contributed by atoms with van der Waals surface area (Å²) in [5.41, 5.74) is -0.0954. The fourth-order valence-corrected chi connectivity index (χ4v) is 1.54. The summed E-state index contributed by atoms with van der Waals surface area (Å²) in [5.74, 6) is 1.15. The molecule has 21 heavy (non-hydrogen) atoms. The summed E-state index contributed by atoms with van der Waals surface area (Å²) in [6.45, 7) is 10.5. The van der Waals surface area contributed by atoms with Gasteiger partial charge in [-0.05, 0) is 41.8 Å². The molecule has 0 unspecified atom stereocenters. The molecule has 0 fully saturated rings. The lowest BCUT2D eigenvalue weighted by molar-refractivity contribution is 0.108. The summed E-state index contributed by atoms with van der Waals surface area (Å²) in [4.78, 5) is 17.2. The van der Waals surface area contributed by atoms with Crippen LogP contribution in [-0.4, -0.2) is 66.2 Å². The molecule has 1 aromatic rings. The highest BCUT2D eigenvalue weighted by atomic mass is 16.5. The Morgan fingerprint density at radius 1 is 1.10 bits per heavy atom. The van der Waals surface area contributed by atoms with Gasteiger partial charge in [0.25, 0.3) is 0 Å². The smallest absolute Gasteiger partial charge is 0.323 e. The summed E-state index contributed by atoms with van der Waals surface area (Å²) >= 11 is 0. The van der Waals surface area contributed by atoms with Gasteiger partial charge < -0.3 is 19.9 Å². The second kappa shape index (κ2) is 7.40. The zero-order valence-electron chi connectivity index (χ0n) is 14.3. The Balaban J connectivity index is 2.94. The van der Waals surface area contributed by atoms with Crippen molar-refractivity contribution < 1.29 is 4.74 Å². The first-order chi connectivity index (χ1) is 9.83. The van der Waals surface area contributed by atoms with E-state index in [1.807, 2.05) is 14.1 Å². The van der Waals surface area contributed by atoms with Crippen molar-refractivity contribution >= 4 is 11.9 Å². The van der Waals surface area contributed by atoms with Crippen LogP contribution >= 0.6 is 0 Å². The SMILES string of the molecule is CCN(CC)c1nc(NC)nc(OCC(C)(C)N(C)C)n1. The van der Waals surface area contributed by atoms with Crippen LogP contribution in [0, 0.1) is 0 Å². The highest BCUT2D eigenvalue weighted by Crippen LogP contribution is 2.17. The van der Waals surface area contributed by atoms with Crippen molar-refractivity contribution in [2.24, 2.45) is 0 Å². The molecule has 1 rings (SSSR count). The predicted molar refractivity (Wildman–Crippen MR) is 86.2 cm³/mol. The number of likely N-dealkylation sites (N-methyl/N-ethyl adjacent to an activating group) is 1. The highest BCUT2D eigenvalue weighted by molar-refractivity contribution is 5.37. The van der Waals surface area contributed by atoms with Crippen LogP contribution in [0.2, 0.25) is 0 Å². The number of ether oxygens (including phenoxy) is 1. The molecule has 0 spiro atoms. The molecule has 0 radical (unpaired) electrons. The highest BCUT2D eigenvalue weighted by Gasteiger charge is 2.22. The van der Waals surface area contributed by atoms with E-state index in [-0.39, 0.29) is 5.54 Å². The van der Waals surface area contributed by atoms with Gasteiger partial charge in [-0.3, -0.25) is 0 Å². The summed E-state index contributed by atoms with van der Waals surface area (Å²) < 4.78 is 5.78. The Bertz CT molecular complexity index is 445. The van der Waals surface area contributed by atoms with Crippen molar-refractivity contribution in [3.8, 4) is 6.01 Å². The third-order valence-electron chi connectivity index (χ3n) is 3.64. The van der Waals surface area contributed by atoms with Gasteiger partial charge in [0, 0.05) is 25.7 Å². The van der Waals surface area contributed by atoms with E-state index in [9.17, 15) is 0 Å². The summed E-state index contributed by atoms with van der Waals surface area (Å²) in [6.07, 6.45) is 0. The normalized spacial score (nSPS) is 11.6. The fourth-order valence-electron chi connectivity index (χ4n) is 1.54. The van der Waals surface area contributed by atoms with Crippen molar-refractivity contribution in [3.63, 3.8) is 0 Å². The van der Waals surface area contributed by atoms with Gasteiger partial charge in [0.15, 0.2) is 0 Å². The maximum Gasteiger partial charge on any atom is 0.323 e. The molecule has 7 nitrogen and oxygen atoms in total. The number of aromatic nitrogens is 3. The van der Waals surface area contributed by atoms with Crippen LogP contribution in [0.5, 0.6) is 6.01 Å². The van der Waals surface area contributed by atoms with Gasteiger partial charge in [-0.1, -0.05) is 0 Å². The van der Waals surface area contributed by atoms with Gasteiger partial charge in [-0.15, -0.1) is 0 Å². The molecular weight excluding hydrogens is 268 g/mol. The maximum absolute atomic E-state index is 5.78. The van der Waals surface area contributed by atoms with Crippen molar-refractivity contribution in [2.75, 3.05) is 51.1 Å². The minimum atomic E-state index is -0.0954. The molecule has 120 valence electrons. The van der Waals surface area contributed by atoms with Crippen LogP contribution in [0.15, 0.2) is 0 Å². The van der Waals surface area contributed by atoms with E-state index < -0.39 is 0 Å². The number of hydrogen-bond donors (Lipinski definition) is 1. The maximum atomic E-state index is 5.78. The van der Waals surface area contributed by atoms with Crippen LogP contribution in [0.3, 0.4) is 0 Å². The van der Waals surface area contributed by atoms with Crippen LogP contribution < -0.4 is 15.0 Å². The zero-order chi connectivity index (χ0) is 16.0. The van der Waals surface area contributed by atoms with Crippen molar-refractivity contribution in [1.29, 1.82) is 0 Å². The predicted octanol–water partition coefficient (Wildman–Crippen LogP) is 1.48. The second-order valence-electron chi connectivity index (χ2n) is 5.66. The molecule has 0 bridgehead atoms. The molecular formula is C14H28N6O. The lowest BCUT2D eigenvalue weighted by atomic mass is 10.1. The van der Waals surface area contributed by atoms with Crippen LogP contribution in [0.4, 0.5) is 11.9 Å². The molecule has 0 saturated carbocycles. The molecule has 7 heteroatoms. The molecule has 0 atom stereocenters. The fraction of sp³-hybridized carbons (Fsp3) is 0.786. The van der Waals surface area contributed by atoms with Crippen LogP contribution in [0.1, 0.15) is 27.7 Å². The standard InChI is InChI=1S/C14H28N6O/c1-8-20(9-2)12-16-11(15-5)17-13(18-12)21-10-14(3,4)19(6)7/h8-10H2,1-7H3,(H,15,16,17,18). The first kappa shape index (κ1) is 17.4. The van der Waals surface area contributed by atoms with Gasteiger partial charge in [0.2, 0.25) is 11.9 Å². The summed E-state index contributed by atoms with van der Waals surface area (Å²) in [6, 6.07) is 0.353. The number of hydrogen-bond acceptors (Lipinski definition) is 7. The van der Waals surface area contributed by atoms with Gasteiger partial charge >= 0.3 is 6.01 Å². The van der Waals surface area contributed by atoms with Crippen molar-refractivity contribution in [2.45, 2.75) is 33.2 Å². The minimum Gasteiger partial charge on any atom is -0.461 e. The van der Waals surface area contributed by atoms with E-state index >= 15 is 0 Å². The van der Waals surface area contributed by atoms with E-state index in [4.69, 9.17) is 4.74 Å². The molecule has 0 amide bonds. The Morgan fingerprint density at radius 3 is 2.19 bits per heavy atom. The quantitative estimate of drug-likeness (QED) is 0.779.